The fraction of sp³-hybridized carbons (Fsp3) is 0.800. The van der Waals surface area contributed by atoms with Gasteiger partial charge in [0.15, 0.2) is 0 Å². The normalized spacial score (nSPS) is 47.6. The molecule has 0 aliphatic heterocycles. The molecule has 5 rings (SSSR count). The first-order valence-electron chi connectivity index (χ1n) is 11.9. The van der Waals surface area contributed by atoms with Crippen molar-refractivity contribution in [3.8, 4) is 12.3 Å². The summed E-state index contributed by atoms with van der Waals surface area (Å²) in [6, 6.07) is 0. The third-order valence-electron chi connectivity index (χ3n) is 10.2. The number of Topliss-reactive ketones (excluding diaryl/α,β-unsaturated/α-hetero) is 1. The zero-order chi connectivity index (χ0) is 21.1. The summed E-state index contributed by atoms with van der Waals surface area (Å²) < 4.78 is 0. The zero-order valence-corrected chi connectivity index (χ0v) is 18.4. The Hall–Kier alpha value is -1.67. The molecule has 5 heteroatoms. The van der Waals surface area contributed by atoms with Crippen LogP contribution in [0, 0.1) is 52.8 Å². The molecule has 0 spiro atoms. The molecule has 2 N–H and O–H groups in total. The molecule has 0 amide bonds. The molecule has 162 valence electrons. The number of terminal acetylenes is 1. The van der Waals surface area contributed by atoms with Gasteiger partial charge in [-0.1, -0.05) is 25.0 Å². The second kappa shape index (κ2) is 6.92. The Balaban J connectivity index is 1.35. The number of hydrogen-bond donors (Lipinski definition) is 2. The van der Waals surface area contributed by atoms with Gasteiger partial charge < -0.3 is 5.11 Å². The molecule has 4 aliphatic rings. The van der Waals surface area contributed by atoms with Gasteiger partial charge in [-0.05, 0) is 92.3 Å². The van der Waals surface area contributed by atoms with Crippen molar-refractivity contribution in [2.24, 2.45) is 40.4 Å². The smallest absolute Gasteiger partial charge is 0.142 e. The van der Waals surface area contributed by atoms with E-state index in [4.69, 9.17) is 6.42 Å². The third kappa shape index (κ3) is 2.90. The number of nitrogens with zero attached hydrogens (tertiary/aromatic N) is 2. The minimum atomic E-state index is -0.897. The first kappa shape index (κ1) is 20.2. The van der Waals surface area contributed by atoms with Crippen LogP contribution in [0.1, 0.15) is 77.3 Å². The van der Waals surface area contributed by atoms with E-state index in [1.165, 1.54) is 25.7 Å². The number of rotatable bonds is 3. The molecule has 1 aromatic heterocycles. The van der Waals surface area contributed by atoms with Crippen molar-refractivity contribution in [3.63, 3.8) is 0 Å². The second-order valence-electron chi connectivity index (χ2n) is 11.3. The minimum absolute atomic E-state index is 0.124. The number of aliphatic hydroxyl groups is 1. The summed E-state index contributed by atoms with van der Waals surface area (Å²) in [6.45, 7) is 4.88. The number of carbonyl (C=O) groups excluding carboxylic acids is 1. The number of aromatic amines is 1. The molecule has 0 bridgehead atoms. The minimum Gasteiger partial charge on any atom is -0.378 e. The highest BCUT2D eigenvalue weighted by Crippen LogP contribution is 2.68. The first-order valence-corrected chi connectivity index (χ1v) is 11.9. The van der Waals surface area contributed by atoms with Crippen molar-refractivity contribution in [1.82, 2.24) is 15.4 Å². The van der Waals surface area contributed by atoms with Crippen molar-refractivity contribution in [2.45, 2.75) is 83.7 Å². The van der Waals surface area contributed by atoms with Gasteiger partial charge >= 0.3 is 0 Å². The van der Waals surface area contributed by atoms with Crippen LogP contribution in [0.15, 0.2) is 6.20 Å². The molecular formula is C25H35N3O2. The number of fused-ring (bicyclic) bond motifs is 5. The summed E-state index contributed by atoms with van der Waals surface area (Å²) in [5.41, 5.74) is 0.277. The Morgan fingerprint density at radius 2 is 1.97 bits per heavy atom. The number of H-pyrrole nitrogens is 1. The molecule has 0 radical (unpaired) electrons. The lowest BCUT2D eigenvalue weighted by Crippen LogP contribution is -2.56. The number of hydrogen-bond acceptors (Lipinski definition) is 4. The molecule has 1 heterocycles. The fourth-order valence-electron chi connectivity index (χ4n) is 8.52. The van der Waals surface area contributed by atoms with Crippen LogP contribution in [0.25, 0.3) is 0 Å². The van der Waals surface area contributed by atoms with Gasteiger partial charge in [0.1, 0.15) is 11.4 Å². The lowest BCUT2D eigenvalue weighted by molar-refractivity contribution is -0.145. The van der Waals surface area contributed by atoms with Crippen molar-refractivity contribution in [2.75, 3.05) is 0 Å². The quantitative estimate of drug-likeness (QED) is 0.741. The molecule has 1 aromatic rings. The average molecular weight is 410 g/mol. The molecule has 2 unspecified atom stereocenters. The number of nitrogens with one attached hydrogen (secondary N) is 1. The van der Waals surface area contributed by atoms with Gasteiger partial charge in [0, 0.05) is 12.1 Å². The van der Waals surface area contributed by atoms with Crippen LogP contribution >= 0.6 is 0 Å². The highest BCUT2D eigenvalue weighted by Gasteiger charge is 2.61. The van der Waals surface area contributed by atoms with Crippen LogP contribution < -0.4 is 0 Å². The van der Waals surface area contributed by atoms with Gasteiger partial charge in [-0.2, -0.15) is 0 Å². The summed E-state index contributed by atoms with van der Waals surface area (Å²) in [5, 5.41) is 21.3. The highest BCUT2D eigenvalue weighted by molar-refractivity contribution is 5.84. The maximum absolute atomic E-state index is 13.2. The molecule has 4 saturated carbocycles. The van der Waals surface area contributed by atoms with Crippen molar-refractivity contribution >= 4 is 5.78 Å². The highest BCUT2D eigenvalue weighted by atomic mass is 16.3. The first-order chi connectivity index (χ1) is 14.3. The predicted octanol–water partition coefficient (Wildman–Crippen LogP) is 3.94. The Bertz CT molecular complexity index is 860. The van der Waals surface area contributed by atoms with Gasteiger partial charge in [-0.25, -0.2) is 0 Å². The Morgan fingerprint density at radius 1 is 1.17 bits per heavy atom. The number of aromatic nitrogens is 3. The Morgan fingerprint density at radius 3 is 2.70 bits per heavy atom. The lowest BCUT2D eigenvalue weighted by Gasteiger charge is -2.61. The standard InChI is InChI=1S/C25H35N3O2/c1-4-25(30)12-11-23(2)16(14-25)5-6-18-19-7-8-21(24(19,3)10-9-20(18)23)22(29)13-17-15-26-28-27-17/h1,15-16,18-21,30H,5-14H2,2-3H3,(H,26,27,28)/t16?,18-,19-,20-,21+,23-,24-,25?/m0/s1. The van der Waals surface area contributed by atoms with E-state index in [2.05, 4.69) is 35.2 Å². The third-order valence-corrected chi connectivity index (χ3v) is 10.2. The SMILES string of the molecule is C#CC1(O)CC[C@@]2(C)C(CC[C@H]3[C@@H]4CC[C@H](C(=O)Cc5c[nH]nn5)[C@@]4(C)CC[C@@H]32)C1. The van der Waals surface area contributed by atoms with Gasteiger partial charge in [0.2, 0.25) is 0 Å². The van der Waals surface area contributed by atoms with E-state index in [9.17, 15) is 9.90 Å². The van der Waals surface area contributed by atoms with Crippen LogP contribution in [0.3, 0.4) is 0 Å². The van der Waals surface area contributed by atoms with E-state index >= 15 is 0 Å². The van der Waals surface area contributed by atoms with Crippen LogP contribution in [0.5, 0.6) is 0 Å². The summed E-state index contributed by atoms with van der Waals surface area (Å²) in [7, 11) is 0. The predicted molar refractivity (Wildman–Crippen MR) is 114 cm³/mol. The topological polar surface area (TPSA) is 78.9 Å². The van der Waals surface area contributed by atoms with Crippen LogP contribution in [-0.2, 0) is 11.2 Å². The van der Waals surface area contributed by atoms with Gasteiger partial charge in [0.25, 0.3) is 0 Å². The summed E-state index contributed by atoms with van der Waals surface area (Å²) in [6.07, 6.45) is 17.3. The Kier molecular flexibility index (Phi) is 4.67. The van der Waals surface area contributed by atoms with E-state index in [0.29, 0.717) is 35.9 Å². The molecule has 4 aliphatic carbocycles. The van der Waals surface area contributed by atoms with Crippen molar-refractivity contribution in [3.05, 3.63) is 11.9 Å². The van der Waals surface area contributed by atoms with Gasteiger partial charge in [0.05, 0.1) is 12.1 Å². The molecule has 8 atom stereocenters. The Labute approximate surface area is 179 Å². The average Bonchev–Trinajstić information content (AvgIpc) is 3.35. The van der Waals surface area contributed by atoms with E-state index in [0.717, 1.165) is 37.8 Å². The van der Waals surface area contributed by atoms with E-state index in [1.807, 2.05) is 0 Å². The maximum Gasteiger partial charge on any atom is 0.142 e. The number of carbonyl (C=O) groups is 1. The van der Waals surface area contributed by atoms with E-state index in [1.54, 1.807) is 6.20 Å². The van der Waals surface area contributed by atoms with Crippen molar-refractivity contribution < 1.29 is 9.90 Å². The molecule has 0 saturated heterocycles. The maximum atomic E-state index is 13.2. The summed E-state index contributed by atoms with van der Waals surface area (Å²) in [4.78, 5) is 13.2. The molecular weight excluding hydrogens is 374 g/mol. The van der Waals surface area contributed by atoms with E-state index < -0.39 is 5.60 Å². The second-order valence-corrected chi connectivity index (χ2v) is 11.3. The lowest BCUT2D eigenvalue weighted by atomic mass is 9.44. The van der Waals surface area contributed by atoms with Crippen LogP contribution in [0.2, 0.25) is 0 Å². The largest absolute Gasteiger partial charge is 0.378 e. The van der Waals surface area contributed by atoms with Crippen LogP contribution in [-0.4, -0.2) is 31.9 Å². The molecule has 5 nitrogen and oxygen atoms in total. The monoisotopic (exact) mass is 409 g/mol. The summed E-state index contributed by atoms with van der Waals surface area (Å²) in [5.74, 6) is 5.80. The summed E-state index contributed by atoms with van der Waals surface area (Å²) >= 11 is 0. The van der Waals surface area contributed by atoms with Gasteiger partial charge in [-0.3, -0.25) is 9.89 Å². The van der Waals surface area contributed by atoms with E-state index in [-0.39, 0.29) is 16.7 Å². The molecule has 0 aromatic carbocycles. The van der Waals surface area contributed by atoms with Crippen molar-refractivity contribution in [1.29, 1.82) is 0 Å². The van der Waals surface area contributed by atoms with Gasteiger partial charge in [-0.15, -0.1) is 11.5 Å². The number of ketones is 1. The molecule has 30 heavy (non-hydrogen) atoms. The zero-order valence-electron chi connectivity index (χ0n) is 18.4. The molecule has 4 fully saturated rings. The van der Waals surface area contributed by atoms with Crippen LogP contribution in [0.4, 0.5) is 0 Å². The fourth-order valence-corrected chi connectivity index (χ4v) is 8.52.